The molecule has 5 nitrogen and oxygen atoms in total. The standard InChI is InChI=1S/C21H24N2O3/c1-6-19-21(13(2)15-9-7-8-10-16(15)23(21)3)26-18-12-14(24-4)11-17(25-5)20(18)22-19/h7-13H,6H2,1-5H3. The first-order valence-electron chi connectivity index (χ1n) is 8.92. The van der Waals surface area contributed by atoms with Crippen molar-refractivity contribution in [3.05, 3.63) is 42.0 Å². The summed E-state index contributed by atoms with van der Waals surface area (Å²) >= 11 is 0. The van der Waals surface area contributed by atoms with Crippen LogP contribution in [-0.4, -0.2) is 32.7 Å². The number of methoxy groups -OCH3 is 2. The molecule has 4 rings (SSSR count). The molecule has 2 heterocycles. The predicted molar refractivity (Wildman–Crippen MR) is 104 cm³/mol. The first-order chi connectivity index (χ1) is 12.6. The highest BCUT2D eigenvalue weighted by Gasteiger charge is 2.55. The van der Waals surface area contributed by atoms with Crippen LogP contribution in [0.25, 0.3) is 0 Å². The third-order valence-corrected chi connectivity index (χ3v) is 5.58. The molecule has 0 bridgehead atoms. The summed E-state index contributed by atoms with van der Waals surface area (Å²) < 4.78 is 17.7. The fourth-order valence-corrected chi connectivity index (χ4v) is 4.23. The van der Waals surface area contributed by atoms with Crippen LogP contribution in [-0.2, 0) is 0 Å². The lowest BCUT2D eigenvalue weighted by Gasteiger charge is -2.44. The fourth-order valence-electron chi connectivity index (χ4n) is 4.23. The van der Waals surface area contributed by atoms with Crippen molar-refractivity contribution in [3.63, 3.8) is 0 Å². The first-order valence-corrected chi connectivity index (χ1v) is 8.92. The minimum Gasteiger partial charge on any atom is -0.496 e. The Morgan fingerprint density at radius 2 is 1.96 bits per heavy atom. The lowest BCUT2D eigenvalue weighted by Crippen LogP contribution is -2.58. The molecule has 0 aromatic heterocycles. The number of hydrogen-bond acceptors (Lipinski definition) is 5. The van der Waals surface area contributed by atoms with Crippen LogP contribution in [0.1, 0.15) is 31.7 Å². The molecule has 136 valence electrons. The average molecular weight is 352 g/mol. The van der Waals surface area contributed by atoms with E-state index in [9.17, 15) is 0 Å². The van der Waals surface area contributed by atoms with Crippen molar-refractivity contribution in [1.82, 2.24) is 0 Å². The first kappa shape index (κ1) is 16.8. The van der Waals surface area contributed by atoms with Crippen molar-refractivity contribution in [1.29, 1.82) is 0 Å². The van der Waals surface area contributed by atoms with Crippen molar-refractivity contribution in [2.24, 2.45) is 4.99 Å². The average Bonchev–Trinajstić information content (AvgIpc) is 2.89. The third-order valence-electron chi connectivity index (χ3n) is 5.58. The van der Waals surface area contributed by atoms with Crippen LogP contribution in [0.5, 0.6) is 17.2 Å². The van der Waals surface area contributed by atoms with Crippen LogP contribution in [0, 0.1) is 0 Å². The van der Waals surface area contributed by atoms with Gasteiger partial charge >= 0.3 is 0 Å². The van der Waals surface area contributed by atoms with Gasteiger partial charge in [-0.15, -0.1) is 0 Å². The number of benzene rings is 2. The van der Waals surface area contributed by atoms with Crippen molar-refractivity contribution in [2.45, 2.75) is 31.9 Å². The number of nitrogens with zero attached hydrogens (tertiary/aromatic N) is 2. The Labute approximate surface area is 154 Å². The zero-order valence-electron chi connectivity index (χ0n) is 15.9. The fraction of sp³-hybridized carbons (Fsp3) is 0.381. The van der Waals surface area contributed by atoms with E-state index in [4.69, 9.17) is 19.2 Å². The van der Waals surface area contributed by atoms with Gasteiger partial charge in [0.15, 0.2) is 11.5 Å². The van der Waals surface area contributed by atoms with Crippen molar-refractivity contribution in [2.75, 3.05) is 26.2 Å². The molecule has 1 spiro atoms. The number of ether oxygens (including phenoxy) is 3. The van der Waals surface area contributed by atoms with E-state index >= 15 is 0 Å². The summed E-state index contributed by atoms with van der Waals surface area (Å²) in [7, 11) is 5.36. The maximum absolute atomic E-state index is 6.71. The van der Waals surface area contributed by atoms with Gasteiger partial charge in [-0.25, -0.2) is 4.99 Å². The molecule has 2 unspecified atom stereocenters. The van der Waals surface area contributed by atoms with Gasteiger partial charge in [-0.1, -0.05) is 32.0 Å². The second-order valence-corrected chi connectivity index (χ2v) is 6.73. The van der Waals surface area contributed by atoms with Crippen molar-refractivity contribution < 1.29 is 14.2 Å². The van der Waals surface area contributed by atoms with Gasteiger partial charge in [-0.2, -0.15) is 0 Å². The Morgan fingerprint density at radius 1 is 1.19 bits per heavy atom. The van der Waals surface area contributed by atoms with Crippen LogP contribution in [0.3, 0.4) is 0 Å². The van der Waals surface area contributed by atoms with Crippen LogP contribution >= 0.6 is 0 Å². The van der Waals surface area contributed by atoms with Crippen LogP contribution in [0.4, 0.5) is 11.4 Å². The quantitative estimate of drug-likeness (QED) is 0.814. The number of anilines is 1. The van der Waals surface area contributed by atoms with E-state index < -0.39 is 5.72 Å². The molecule has 0 saturated carbocycles. The Balaban J connectivity index is 1.92. The molecule has 0 N–H and O–H groups in total. The zero-order valence-corrected chi connectivity index (χ0v) is 15.9. The summed E-state index contributed by atoms with van der Waals surface area (Å²) in [6.45, 7) is 4.32. The molecule has 0 saturated heterocycles. The summed E-state index contributed by atoms with van der Waals surface area (Å²) in [6, 6.07) is 12.2. The lowest BCUT2D eigenvalue weighted by atomic mass is 9.87. The Hall–Kier alpha value is -2.69. The molecule has 26 heavy (non-hydrogen) atoms. The number of hydrogen-bond donors (Lipinski definition) is 0. The van der Waals surface area contributed by atoms with Gasteiger partial charge in [0.05, 0.1) is 19.9 Å². The largest absolute Gasteiger partial charge is 0.496 e. The molecular weight excluding hydrogens is 328 g/mol. The van der Waals surface area contributed by atoms with Gasteiger partial charge in [0.2, 0.25) is 5.72 Å². The monoisotopic (exact) mass is 352 g/mol. The number of aliphatic imine (C=N–C) groups is 1. The number of rotatable bonds is 3. The molecule has 0 fully saturated rings. The summed E-state index contributed by atoms with van der Waals surface area (Å²) in [5.74, 6) is 2.18. The van der Waals surface area contributed by atoms with E-state index in [-0.39, 0.29) is 5.92 Å². The van der Waals surface area contributed by atoms with Crippen LogP contribution in [0.2, 0.25) is 0 Å². The van der Waals surface area contributed by atoms with Crippen molar-refractivity contribution in [3.8, 4) is 17.2 Å². The van der Waals surface area contributed by atoms with Crippen molar-refractivity contribution >= 4 is 17.1 Å². The van der Waals surface area contributed by atoms with E-state index in [1.165, 1.54) is 11.3 Å². The molecular formula is C21H24N2O3. The highest BCUT2D eigenvalue weighted by molar-refractivity contribution is 6.02. The molecule has 2 aromatic carbocycles. The molecule has 5 heteroatoms. The summed E-state index contributed by atoms with van der Waals surface area (Å²) in [6.07, 6.45) is 0.789. The maximum Gasteiger partial charge on any atom is 0.229 e. The second kappa shape index (κ2) is 5.94. The van der Waals surface area contributed by atoms with Gasteiger partial charge in [-0.3, -0.25) is 0 Å². The normalized spacial score (nSPS) is 23.2. The van der Waals surface area contributed by atoms with E-state index in [1.807, 2.05) is 12.1 Å². The molecule has 2 aliphatic rings. The SMILES string of the molecule is CCC1=Nc2c(OC)cc(OC)cc2OC12C(C)c1ccccc1N2C. The summed E-state index contributed by atoms with van der Waals surface area (Å²) in [5.41, 5.74) is 3.55. The lowest BCUT2D eigenvalue weighted by molar-refractivity contribution is 0.120. The summed E-state index contributed by atoms with van der Waals surface area (Å²) in [5, 5.41) is 0. The molecule has 0 amide bonds. The highest BCUT2D eigenvalue weighted by atomic mass is 16.5. The van der Waals surface area contributed by atoms with E-state index in [0.29, 0.717) is 17.2 Å². The van der Waals surface area contributed by atoms with Gasteiger partial charge in [-0.05, 0) is 18.1 Å². The van der Waals surface area contributed by atoms with Gasteiger partial charge in [0.1, 0.15) is 11.4 Å². The number of para-hydroxylation sites is 1. The molecule has 0 aliphatic carbocycles. The minimum atomic E-state index is -0.636. The van der Waals surface area contributed by atoms with Crippen LogP contribution < -0.4 is 19.1 Å². The Morgan fingerprint density at radius 3 is 2.62 bits per heavy atom. The number of likely N-dealkylation sites (N-methyl/N-ethyl adjacent to an activating group) is 1. The second-order valence-electron chi connectivity index (χ2n) is 6.73. The third kappa shape index (κ3) is 2.06. The van der Waals surface area contributed by atoms with E-state index in [1.54, 1.807) is 14.2 Å². The topological polar surface area (TPSA) is 43.3 Å². The maximum atomic E-state index is 6.71. The van der Waals surface area contributed by atoms with E-state index in [2.05, 4.69) is 50.1 Å². The smallest absolute Gasteiger partial charge is 0.229 e. The van der Waals surface area contributed by atoms with Gasteiger partial charge < -0.3 is 19.1 Å². The Bertz CT molecular complexity index is 862. The molecule has 2 atom stereocenters. The van der Waals surface area contributed by atoms with E-state index in [0.717, 1.165) is 17.8 Å². The minimum absolute atomic E-state index is 0.146. The Kier molecular flexibility index (Phi) is 3.83. The molecule has 2 aliphatic heterocycles. The van der Waals surface area contributed by atoms with Gasteiger partial charge in [0.25, 0.3) is 0 Å². The summed E-state index contributed by atoms with van der Waals surface area (Å²) in [4.78, 5) is 7.21. The molecule has 2 aromatic rings. The number of fused-ring (bicyclic) bond motifs is 2. The molecule has 0 radical (unpaired) electrons. The highest BCUT2D eigenvalue weighted by Crippen LogP contribution is 2.54. The zero-order chi connectivity index (χ0) is 18.5. The predicted octanol–water partition coefficient (Wildman–Crippen LogP) is 4.53. The van der Waals surface area contributed by atoms with Crippen LogP contribution in [0.15, 0.2) is 41.4 Å². The van der Waals surface area contributed by atoms with Gasteiger partial charge in [0, 0.05) is 30.8 Å².